The Morgan fingerprint density at radius 2 is 1.95 bits per heavy atom. The molecule has 0 unspecified atom stereocenters. The maximum Gasteiger partial charge on any atom is 0.409 e. The van der Waals surface area contributed by atoms with E-state index in [0.29, 0.717) is 17.5 Å². The largest absolute Gasteiger partial charge is 0.465 e. The number of hydrogen-bond acceptors (Lipinski definition) is 2. The van der Waals surface area contributed by atoms with E-state index in [0.717, 1.165) is 0 Å². The molecule has 0 atom stereocenters. The molecule has 0 aliphatic heterocycles. The Kier molecular flexibility index (Phi) is 4.32. The average Bonchev–Trinajstić information content (AvgIpc) is 2.46. The van der Waals surface area contributed by atoms with E-state index < -0.39 is 11.9 Å². The highest BCUT2D eigenvalue weighted by Gasteiger charge is 2.04. The van der Waals surface area contributed by atoms with Gasteiger partial charge in [0, 0.05) is 11.3 Å². The maximum absolute atomic E-state index is 13.8. The highest BCUT2D eigenvalue weighted by atomic mass is 19.1. The second-order valence-corrected chi connectivity index (χ2v) is 4.09. The summed E-state index contributed by atoms with van der Waals surface area (Å²) in [5, 5.41) is 10.8. The lowest BCUT2D eigenvalue weighted by Crippen LogP contribution is -2.06. The van der Waals surface area contributed by atoms with Gasteiger partial charge in [-0.2, -0.15) is 0 Å². The van der Waals surface area contributed by atoms with Crippen LogP contribution in [-0.4, -0.2) is 17.5 Å². The molecule has 0 bridgehead atoms. The van der Waals surface area contributed by atoms with Gasteiger partial charge in [0.25, 0.3) is 0 Å². The van der Waals surface area contributed by atoms with E-state index in [9.17, 15) is 14.0 Å². The SMILES string of the molecule is O=Cc1cccc(C#Cc2cccc(NC(=O)O)c2)c1F. The van der Waals surface area contributed by atoms with E-state index in [1.807, 2.05) is 0 Å². The van der Waals surface area contributed by atoms with E-state index in [1.165, 1.54) is 18.2 Å². The van der Waals surface area contributed by atoms with E-state index in [-0.39, 0.29) is 11.1 Å². The fourth-order valence-electron chi connectivity index (χ4n) is 1.68. The molecule has 0 aliphatic carbocycles. The van der Waals surface area contributed by atoms with Gasteiger partial charge < -0.3 is 5.11 Å². The van der Waals surface area contributed by atoms with Crippen LogP contribution in [0.1, 0.15) is 21.5 Å². The molecule has 2 aromatic carbocycles. The molecule has 5 heteroatoms. The zero-order valence-electron chi connectivity index (χ0n) is 10.8. The van der Waals surface area contributed by atoms with Crippen LogP contribution >= 0.6 is 0 Å². The van der Waals surface area contributed by atoms with Crippen molar-refractivity contribution in [2.75, 3.05) is 5.32 Å². The van der Waals surface area contributed by atoms with Crippen LogP contribution in [-0.2, 0) is 0 Å². The number of hydrogen-bond donors (Lipinski definition) is 2. The third-order valence-corrected chi connectivity index (χ3v) is 2.61. The average molecular weight is 283 g/mol. The molecule has 0 aromatic heterocycles. The Balaban J connectivity index is 2.31. The molecule has 0 spiro atoms. The fourth-order valence-corrected chi connectivity index (χ4v) is 1.68. The predicted molar refractivity (Wildman–Crippen MR) is 75.9 cm³/mol. The molecular weight excluding hydrogens is 273 g/mol. The van der Waals surface area contributed by atoms with Gasteiger partial charge in [-0.1, -0.05) is 24.0 Å². The van der Waals surface area contributed by atoms with Crippen molar-refractivity contribution in [2.45, 2.75) is 0 Å². The summed E-state index contributed by atoms with van der Waals surface area (Å²) < 4.78 is 13.8. The van der Waals surface area contributed by atoms with Crippen LogP contribution in [0.2, 0.25) is 0 Å². The van der Waals surface area contributed by atoms with Crippen LogP contribution in [0.15, 0.2) is 42.5 Å². The fraction of sp³-hybridized carbons (Fsp3) is 0. The molecule has 0 aliphatic rings. The number of carboxylic acid groups (broad SMARTS) is 1. The minimum atomic E-state index is -1.18. The topological polar surface area (TPSA) is 66.4 Å². The van der Waals surface area contributed by atoms with Crippen LogP contribution in [0.3, 0.4) is 0 Å². The minimum absolute atomic E-state index is 0.0527. The first-order valence-electron chi connectivity index (χ1n) is 5.96. The molecule has 2 aromatic rings. The minimum Gasteiger partial charge on any atom is -0.465 e. The Hall–Kier alpha value is -3.13. The Morgan fingerprint density at radius 3 is 2.67 bits per heavy atom. The number of carbonyl (C=O) groups is 2. The first kappa shape index (κ1) is 14.3. The summed E-state index contributed by atoms with van der Waals surface area (Å²) in [6.45, 7) is 0. The summed E-state index contributed by atoms with van der Waals surface area (Å²) in [4.78, 5) is 21.2. The van der Waals surface area contributed by atoms with Crippen molar-refractivity contribution in [3.63, 3.8) is 0 Å². The standard InChI is InChI=1S/C16H10FNO3/c17-15-12(4-2-5-13(15)10-19)8-7-11-3-1-6-14(9-11)18-16(20)21/h1-6,9-10,18H,(H,20,21). The third-order valence-electron chi connectivity index (χ3n) is 2.61. The molecule has 0 saturated heterocycles. The van der Waals surface area contributed by atoms with Crippen molar-refractivity contribution >= 4 is 18.1 Å². The van der Waals surface area contributed by atoms with Crippen molar-refractivity contribution in [3.8, 4) is 11.8 Å². The molecule has 1 amide bonds. The highest BCUT2D eigenvalue weighted by molar-refractivity contribution is 5.83. The summed E-state index contributed by atoms with van der Waals surface area (Å²) in [7, 11) is 0. The summed E-state index contributed by atoms with van der Waals surface area (Å²) in [6, 6.07) is 10.8. The van der Waals surface area contributed by atoms with Gasteiger partial charge in [-0.05, 0) is 30.3 Å². The molecule has 2 rings (SSSR count). The Bertz CT molecular complexity index is 760. The van der Waals surface area contributed by atoms with Gasteiger partial charge in [-0.25, -0.2) is 9.18 Å². The number of carbonyl (C=O) groups excluding carboxylic acids is 1. The van der Waals surface area contributed by atoms with Crippen LogP contribution in [0.4, 0.5) is 14.9 Å². The molecule has 0 saturated carbocycles. The number of halogens is 1. The Morgan fingerprint density at radius 1 is 1.19 bits per heavy atom. The van der Waals surface area contributed by atoms with Gasteiger partial charge in [0.2, 0.25) is 0 Å². The molecule has 104 valence electrons. The van der Waals surface area contributed by atoms with Crippen molar-refractivity contribution < 1.29 is 19.1 Å². The summed E-state index contributed by atoms with van der Waals surface area (Å²) in [6.07, 6.45) is -0.748. The van der Waals surface area contributed by atoms with E-state index in [1.54, 1.807) is 24.3 Å². The summed E-state index contributed by atoms with van der Waals surface area (Å²) in [5.74, 6) is 4.69. The number of aldehydes is 1. The second kappa shape index (κ2) is 6.35. The van der Waals surface area contributed by atoms with Crippen LogP contribution < -0.4 is 5.32 Å². The number of benzene rings is 2. The number of nitrogens with one attached hydrogen (secondary N) is 1. The zero-order valence-corrected chi connectivity index (χ0v) is 10.8. The molecule has 0 fully saturated rings. The molecule has 0 heterocycles. The number of amides is 1. The second-order valence-electron chi connectivity index (χ2n) is 4.09. The summed E-state index contributed by atoms with van der Waals surface area (Å²) >= 11 is 0. The van der Waals surface area contributed by atoms with Crippen molar-refractivity contribution in [1.29, 1.82) is 0 Å². The zero-order chi connectivity index (χ0) is 15.2. The molecule has 0 radical (unpaired) electrons. The highest BCUT2D eigenvalue weighted by Crippen LogP contribution is 2.12. The van der Waals surface area contributed by atoms with E-state index in [4.69, 9.17) is 5.11 Å². The third kappa shape index (κ3) is 3.67. The van der Waals surface area contributed by atoms with Crippen molar-refractivity contribution in [3.05, 3.63) is 65.0 Å². The number of anilines is 1. The van der Waals surface area contributed by atoms with Gasteiger partial charge in [0.05, 0.1) is 11.1 Å². The Labute approximate surface area is 120 Å². The quantitative estimate of drug-likeness (QED) is 0.657. The van der Waals surface area contributed by atoms with Gasteiger partial charge in [-0.15, -0.1) is 0 Å². The maximum atomic E-state index is 13.8. The van der Waals surface area contributed by atoms with E-state index in [2.05, 4.69) is 17.2 Å². The van der Waals surface area contributed by atoms with Crippen LogP contribution in [0.5, 0.6) is 0 Å². The normalized spacial score (nSPS) is 9.38. The number of rotatable bonds is 2. The van der Waals surface area contributed by atoms with Gasteiger partial charge >= 0.3 is 6.09 Å². The van der Waals surface area contributed by atoms with Crippen LogP contribution in [0.25, 0.3) is 0 Å². The smallest absolute Gasteiger partial charge is 0.409 e. The predicted octanol–water partition coefficient (Wildman–Crippen LogP) is 3.13. The first-order valence-corrected chi connectivity index (χ1v) is 5.96. The van der Waals surface area contributed by atoms with Gasteiger partial charge in [0.1, 0.15) is 5.82 Å². The van der Waals surface area contributed by atoms with Crippen molar-refractivity contribution in [1.82, 2.24) is 0 Å². The lowest BCUT2D eigenvalue weighted by Gasteiger charge is -2.00. The van der Waals surface area contributed by atoms with Gasteiger partial charge in [0.15, 0.2) is 6.29 Å². The lowest BCUT2D eigenvalue weighted by atomic mass is 10.1. The summed E-state index contributed by atoms with van der Waals surface area (Å²) in [5.41, 5.74) is 0.952. The monoisotopic (exact) mass is 283 g/mol. The van der Waals surface area contributed by atoms with Gasteiger partial charge in [-0.3, -0.25) is 10.1 Å². The molecule has 4 nitrogen and oxygen atoms in total. The van der Waals surface area contributed by atoms with Crippen LogP contribution in [0, 0.1) is 17.7 Å². The first-order chi connectivity index (χ1) is 10.1. The molecular formula is C16H10FNO3. The van der Waals surface area contributed by atoms with E-state index >= 15 is 0 Å². The molecule has 21 heavy (non-hydrogen) atoms. The lowest BCUT2D eigenvalue weighted by molar-refractivity contribution is 0.111. The van der Waals surface area contributed by atoms with Crippen molar-refractivity contribution in [2.24, 2.45) is 0 Å². The molecule has 2 N–H and O–H groups in total.